The van der Waals surface area contributed by atoms with Gasteiger partial charge in [-0.25, -0.2) is 4.79 Å². The zero-order valence-corrected chi connectivity index (χ0v) is 15.9. The Bertz CT molecular complexity index is 1020. The van der Waals surface area contributed by atoms with Gasteiger partial charge in [0.2, 0.25) is 0 Å². The van der Waals surface area contributed by atoms with Gasteiger partial charge in [-0.15, -0.1) is 0 Å². The molecule has 0 spiro atoms. The maximum atomic E-state index is 13.0. The van der Waals surface area contributed by atoms with Crippen LogP contribution in [-0.2, 0) is 27.3 Å². The Balaban J connectivity index is 2.36. The van der Waals surface area contributed by atoms with Crippen LogP contribution in [0.5, 0.6) is 11.5 Å². The highest BCUT2D eigenvalue weighted by Gasteiger charge is 2.33. The van der Waals surface area contributed by atoms with Crippen molar-refractivity contribution >= 4 is 17.4 Å². The number of rotatable bonds is 8. The van der Waals surface area contributed by atoms with E-state index in [0.29, 0.717) is 12.1 Å². The first-order valence-corrected chi connectivity index (χ1v) is 8.46. The molecular formula is C19H17F3N2O7. The maximum Gasteiger partial charge on any atom is 0.416 e. The van der Waals surface area contributed by atoms with E-state index in [-0.39, 0.29) is 17.7 Å². The van der Waals surface area contributed by atoms with Crippen LogP contribution in [0.4, 0.5) is 13.2 Å². The molecule has 0 aliphatic rings. The Labute approximate surface area is 173 Å². The van der Waals surface area contributed by atoms with Gasteiger partial charge >= 0.3 is 12.1 Å². The van der Waals surface area contributed by atoms with E-state index in [1.54, 1.807) is 12.1 Å². The molecule has 2 rings (SSSR count). The van der Waals surface area contributed by atoms with Crippen LogP contribution in [-0.4, -0.2) is 51.5 Å². The van der Waals surface area contributed by atoms with Crippen molar-refractivity contribution in [1.29, 1.82) is 0 Å². The van der Waals surface area contributed by atoms with Gasteiger partial charge < -0.3 is 30.1 Å². The molecule has 166 valence electrons. The number of oxime groups is 2. The van der Waals surface area contributed by atoms with Crippen LogP contribution < -0.4 is 0 Å². The number of halogens is 3. The number of phenolic OH excluding ortho intramolecular Hbond substituents is 2. The molecule has 0 unspecified atom stereocenters. The Hall–Kier alpha value is -3.80. The number of benzene rings is 2. The largest absolute Gasteiger partial charge is 0.504 e. The maximum absolute atomic E-state index is 13.0. The van der Waals surface area contributed by atoms with Gasteiger partial charge in [0, 0.05) is 16.7 Å². The minimum atomic E-state index is -4.83. The molecule has 0 atom stereocenters. The highest BCUT2D eigenvalue weighted by molar-refractivity contribution is 6.42. The second-order valence-electron chi connectivity index (χ2n) is 5.94. The van der Waals surface area contributed by atoms with E-state index in [4.69, 9.17) is 4.84 Å². The third-order valence-corrected chi connectivity index (χ3v) is 3.93. The van der Waals surface area contributed by atoms with E-state index in [1.165, 1.54) is 12.1 Å². The summed E-state index contributed by atoms with van der Waals surface area (Å²) in [5, 5.41) is 45.2. The highest BCUT2D eigenvalue weighted by Crippen LogP contribution is 2.38. The fourth-order valence-electron chi connectivity index (χ4n) is 2.52. The van der Waals surface area contributed by atoms with E-state index >= 15 is 0 Å². The van der Waals surface area contributed by atoms with Crippen LogP contribution in [0.15, 0.2) is 46.7 Å². The summed E-state index contributed by atoms with van der Waals surface area (Å²) in [5.41, 5.74) is -2.36. The molecule has 9 nitrogen and oxygen atoms in total. The minimum absolute atomic E-state index is 0.136. The summed E-state index contributed by atoms with van der Waals surface area (Å²) >= 11 is 0. The topological polar surface area (TPSA) is 141 Å². The quantitative estimate of drug-likeness (QED) is 0.280. The molecule has 0 bridgehead atoms. The van der Waals surface area contributed by atoms with Gasteiger partial charge in [0.1, 0.15) is 19.4 Å². The van der Waals surface area contributed by atoms with E-state index in [2.05, 4.69) is 15.1 Å². The molecule has 0 saturated heterocycles. The molecule has 4 N–H and O–H groups in total. The summed E-state index contributed by atoms with van der Waals surface area (Å²) in [5.74, 6) is -3.36. The number of nitrogens with zero attached hydrogens (tertiary/aromatic N) is 2. The summed E-state index contributed by atoms with van der Waals surface area (Å²) in [6.07, 6.45) is -4.83. The lowest BCUT2D eigenvalue weighted by atomic mass is 10.0. The third-order valence-electron chi connectivity index (χ3n) is 3.93. The van der Waals surface area contributed by atoms with E-state index in [1.807, 2.05) is 0 Å². The number of carboxylic acids is 1. The average molecular weight is 442 g/mol. The van der Waals surface area contributed by atoms with Crippen molar-refractivity contribution in [2.24, 2.45) is 10.3 Å². The summed E-state index contributed by atoms with van der Waals surface area (Å²) < 4.78 is 38.9. The van der Waals surface area contributed by atoms with Gasteiger partial charge in [0.05, 0.1) is 12.2 Å². The van der Waals surface area contributed by atoms with Gasteiger partial charge in [-0.05, 0) is 12.1 Å². The molecule has 0 radical (unpaired) electrons. The van der Waals surface area contributed by atoms with Crippen LogP contribution in [0.25, 0.3) is 0 Å². The number of carbonyl (C=O) groups is 1. The predicted octanol–water partition coefficient (Wildman–Crippen LogP) is 2.46. The number of aliphatic hydroxyl groups excluding tert-OH is 1. The second kappa shape index (κ2) is 9.80. The fourth-order valence-corrected chi connectivity index (χ4v) is 2.52. The van der Waals surface area contributed by atoms with Crippen LogP contribution in [0.2, 0.25) is 0 Å². The molecular weight excluding hydrogens is 425 g/mol. The van der Waals surface area contributed by atoms with Crippen LogP contribution in [0.1, 0.15) is 22.3 Å². The first-order valence-electron chi connectivity index (χ1n) is 8.46. The molecule has 2 aromatic rings. The Morgan fingerprint density at radius 1 is 1.10 bits per heavy atom. The predicted molar refractivity (Wildman–Crippen MR) is 101 cm³/mol. The molecule has 0 amide bonds. The number of aromatic hydroxyl groups is 2. The van der Waals surface area contributed by atoms with E-state index < -0.39 is 52.8 Å². The number of hydrogen-bond donors (Lipinski definition) is 4. The summed E-state index contributed by atoms with van der Waals surface area (Å²) in [6, 6.07) is 6.85. The summed E-state index contributed by atoms with van der Waals surface area (Å²) in [4.78, 5) is 21.0. The Morgan fingerprint density at radius 3 is 2.35 bits per heavy atom. The second-order valence-corrected chi connectivity index (χ2v) is 5.94. The van der Waals surface area contributed by atoms with E-state index in [0.717, 1.165) is 7.11 Å². The standard InChI is InChI=1S/C19H17F3N2O7/c1-30-24-16(18(28)29)12-5-3-2-4-10(12)9-31-23-14(8-25)13-6-11(19(20,21)22)7-15(26)17(13)27/h2-7,25-27H,8-9H2,1H3,(H,28,29)/b23-14+,24-16-. The molecule has 0 saturated carbocycles. The number of phenols is 2. The molecule has 0 fully saturated rings. The normalized spacial score (nSPS) is 12.5. The van der Waals surface area contributed by atoms with Crippen molar-refractivity contribution in [3.8, 4) is 11.5 Å². The lowest BCUT2D eigenvalue weighted by molar-refractivity contribution is -0.137. The van der Waals surface area contributed by atoms with Gasteiger partial charge in [-0.1, -0.05) is 34.6 Å². The van der Waals surface area contributed by atoms with Crippen molar-refractivity contribution < 1.29 is 48.1 Å². The highest BCUT2D eigenvalue weighted by atomic mass is 19.4. The summed E-state index contributed by atoms with van der Waals surface area (Å²) in [6.45, 7) is -1.29. The molecule has 0 aromatic heterocycles. The first-order chi connectivity index (χ1) is 14.6. The molecule has 0 heterocycles. The van der Waals surface area contributed by atoms with Crippen molar-refractivity contribution in [2.75, 3.05) is 13.7 Å². The summed E-state index contributed by atoms with van der Waals surface area (Å²) in [7, 11) is 1.16. The molecule has 2 aromatic carbocycles. The van der Waals surface area contributed by atoms with Crippen molar-refractivity contribution in [3.05, 3.63) is 58.7 Å². The minimum Gasteiger partial charge on any atom is -0.504 e. The van der Waals surface area contributed by atoms with E-state index in [9.17, 15) is 38.4 Å². The number of hydrogen-bond acceptors (Lipinski definition) is 8. The Morgan fingerprint density at radius 2 is 1.77 bits per heavy atom. The van der Waals surface area contributed by atoms with Gasteiger partial charge in [0.25, 0.3) is 0 Å². The lowest BCUT2D eigenvalue weighted by Crippen LogP contribution is -2.17. The Kier molecular flexibility index (Phi) is 7.42. The number of aliphatic hydroxyl groups is 1. The SMILES string of the molecule is CO/N=C(\C(=O)O)c1ccccc1CO/N=C(\CO)c1cc(C(F)(F)F)cc(O)c1O. The van der Waals surface area contributed by atoms with Gasteiger partial charge in [-0.2, -0.15) is 13.2 Å². The number of alkyl halides is 3. The first kappa shape index (κ1) is 23.5. The fraction of sp³-hybridized carbons (Fsp3) is 0.211. The van der Waals surface area contributed by atoms with Crippen molar-refractivity contribution in [3.63, 3.8) is 0 Å². The van der Waals surface area contributed by atoms with Gasteiger partial charge in [0.15, 0.2) is 17.2 Å². The van der Waals surface area contributed by atoms with Crippen molar-refractivity contribution in [1.82, 2.24) is 0 Å². The molecule has 31 heavy (non-hydrogen) atoms. The van der Waals surface area contributed by atoms with Crippen LogP contribution in [0, 0.1) is 0 Å². The third kappa shape index (κ3) is 5.63. The monoisotopic (exact) mass is 442 g/mol. The number of aliphatic carboxylic acids is 1. The average Bonchev–Trinajstić information content (AvgIpc) is 2.71. The molecule has 0 aliphatic carbocycles. The molecule has 0 aliphatic heterocycles. The zero-order chi connectivity index (χ0) is 23.2. The lowest BCUT2D eigenvalue weighted by Gasteiger charge is -2.13. The zero-order valence-electron chi connectivity index (χ0n) is 15.9. The van der Waals surface area contributed by atoms with Crippen LogP contribution >= 0.6 is 0 Å². The smallest absolute Gasteiger partial charge is 0.416 e. The number of carboxylic acid groups (broad SMARTS) is 1. The van der Waals surface area contributed by atoms with Crippen molar-refractivity contribution in [2.45, 2.75) is 12.8 Å². The van der Waals surface area contributed by atoms with Gasteiger partial charge in [-0.3, -0.25) is 0 Å². The van der Waals surface area contributed by atoms with Crippen LogP contribution in [0.3, 0.4) is 0 Å². The molecule has 12 heteroatoms.